The highest BCUT2D eigenvalue weighted by Crippen LogP contribution is 2.36. The van der Waals surface area contributed by atoms with Crippen LogP contribution in [0.2, 0.25) is 0 Å². The molecule has 2 rings (SSSR count). The lowest BCUT2D eigenvalue weighted by Gasteiger charge is -2.44. The van der Waals surface area contributed by atoms with Crippen LogP contribution in [0.1, 0.15) is 26.7 Å². The van der Waals surface area contributed by atoms with Crippen LogP contribution < -0.4 is 5.73 Å². The maximum absolute atomic E-state index is 6.06. The van der Waals surface area contributed by atoms with Gasteiger partial charge in [0.1, 0.15) is 0 Å². The van der Waals surface area contributed by atoms with Gasteiger partial charge in [0.25, 0.3) is 0 Å². The quantitative estimate of drug-likeness (QED) is 0.781. The molecule has 2 heterocycles. The summed E-state index contributed by atoms with van der Waals surface area (Å²) in [7, 11) is 0. The summed E-state index contributed by atoms with van der Waals surface area (Å²) in [5.41, 5.74) is 6.41. The number of nitrogens with two attached hydrogens (primary N) is 1. The average molecular weight is 228 g/mol. The van der Waals surface area contributed by atoms with E-state index in [1.54, 1.807) is 0 Å². The molecule has 0 aromatic heterocycles. The second-order valence-corrected chi connectivity index (χ2v) is 6.63. The summed E-state index contributed by atoms with van der Waals surface area (Å²) in [6.45, 7) is 8.15. The van der Waals surface area contributed by atoms with Crippen molar-refractivity contribution in [3.63, 3.8) is 0 Å². The van der Waals surface area contributed by atoms with Crippen LogP contribution in [0.5, 0.6) is 0 Å². The molecule has 0 amide bonds. The van der Waals surface area contributed by atoms with Crippen LogP contribution in [-0.4, -0.2) is 41.6 Å². The summed E-state index contributed by atoms with van der Waals surface area (Å²) in [6.07, 6.45) is 2.60. The Kier molecular flexibility index (Phi) is 3.63. The molecule has 0 aliphatic carbocycles. The van der Waals surface area contributed by atoms with Crippen LogP contribution in [0.15, 0.2) is 0 Å². The van der Waals surface area contributed by atoms with Gasteiger partial charge in [-0.2, -0.15) is 11.8 Å². The number of rotatable bonds is 2. The summed E-state index contributed by atoms with van der Waals surface area (Å²) >= 11 is 2.09. The van der Waals surface area contributed by atoms with Gasteiger partial charge in [0.05, 0.1) is 0 Å². The van der Waals surface area contributed by atoms with E-state index in [1.165, 1.54) is 37.4 Å². The smallest absolute Gasteiger partial charge is 0.0347 e. The average Bonchev–Trinajstić information content (AvgIpc) is 2.61. The Morgan fingerprint density at radius 2 is 1.73 bits per heavy atom. The first-order valence-electron chi connectivity index (χ1n) is 6.21. The molecule has 3 heteroatoms. The zero-order valence-electron chi connectivity index (χ0n) is 10.0. The number of thioether (sulfide) groups is 1. The molecule has 0 bridgehead atoms. The SMILES string of the molecule is CC1CN(C2(CN)CCSCC2)CC1C. The molecule has 2 nitrogen and oxygen atoms in total. The van der Waals surface area contributed by atoms with Gasteiger partial charge in [0, 0.05) is 25.2 Å². The molecule has 2 N–H and O–H groups in total. The molecule has 0 aromatic rings. The minimum absolute atomic E-state index is 0.351. The molecular formula is C12H24N2S. The van der Waals surface area contributed by atoms with E-state index in [-0.39, 0.29) is 0 Å². The Morgan fingerprint density at radius 1 is 1.20 bits per heavy atom. The van der Waals surface area contributed by atoms with Crippen molar-refractivity contribution in [1.29, 1.82) is 0 Å². The van der Waals surface area contributed by atoms with Gasteiger partial charge in [-0.25, -0.2) is 0 Å². The third kappa shape index (κ3) is 2.20. The molecule has 2 fully saturated rings. The molecule has 2 unspecified atom stereocenters. The van der Waals surface area contributed by atoms with Gasteiger partial charge >= 0.3 is 0 Å². The zero-order valence-corrected chi connectivity index (χ0v) is 10.9. The summed E-state index contributed by atoms with van der Waals surface area (Å²) in [5, 5.41) is 0. The number of likely N-dealkylation sites (tertiary alicyclic amines) is 1. The predicted octanol–water partition coefficient (Wildman–Crippen LogP) is 1.80. The number of nitrogens with zero attached hydrogens (tertiary/aromatic N) is 1. The fourth-order valence-corrected chi connectivity index (χ4v) is 4.17. The van der Waals surface area contributed by atoms with E-state index in [9.17, 15) is 0 Å². The van der Waals surface area contributed by atoms with Crippen LogP contribution in [0.3, 0.4) is 0 Å². The normalized spacial score (nSPS) is 37.0. The molecular weight excluding hydrogens is 204 g/mol. The summed E-state index contributed by atoms with van der Waals surface area (Å²) < 4.78 is 0. The van der Waals surface area contributed by atoms with Crippen LogP contribution in [-0.2, 0) is 0 Å². The van der Waals surface area contributed by atoms with E-state index in [1.807, 2.05) is 0 Å². The fraction of sp³-hybridized carbons (Fsp3) is 1.00. The van der Waals surface area contributed by atoms with E-state index in [0.717, 1.165) is 18.4 Å². The monoisotopic (exact) mass is 228 g/mol. The molecule has 0 saturated carbocycles. The van der Waals surface area contributed by atoms with Crippen LogP contribution >= 0.6 is 11.8 Å². The Morgan fingerprint density at radius 3 is 2.20 bits per heavy atom. The van der Waals surface area contributed by atoms with Gasteiger partial charge in [-0.3, -0.25) is 4.90 Å². The standard InChI is InChI=1S/C12H24N2S/c1-10-7-14(8-11(10)2)12(9-13)3-5-15-6-4-12/h10-11H,3-9,13H2,1-2H3. The van der Waals surface area contributed by atoms with Crippen molar-refractivity contribution >= 4 is 11.8 Å². The highest BCUT2D eigenvalue weighted by atomic mass is 32.2. The second-order valence-electron chi connectivity index (χ2n) is 5.40. The maximum Gasteiger partial charge on any atom is 0.0347 e. The minimum Gasteiger partial charge on any atom is -0.329 e. The van der Waals surface area contributed by atoms with Crippen molar-refractivity contribution < 1.29 is 0 Å². The van der Waals surface area contributed by atoms with E-state index in [2.05, 4.69) is 30.5 Å². The Bertz CT molecular complexity index is 204. The third-order valence-electron chi connectivity index (χ3n) is 4.46. The number of hydrogen-bond acceptors (Lipinski definition) is 3. The van der Waals surface area contributed by atoms with Crippen molar-refractivity contribution in [2.24, 2.45) is 17.6 Å². The number of hydrogen-bond donors (Lipinski definition) is 1. The minimum atomic E-state index is 0.351. The summed E-state index contributed by atoms with van der Waals surface area (Å²) in [4.78, 5) is 2.70. The molecule has 88 valence electrons. The van der Waals surface area contributed by atoms with Gasteiger partial charge in [-0.15, -0.1) is 0 Å². The highest BCUT2D eigenvalue weighted by molar-refractivity contribution is 7.99. The first-order chi connectivity index (χ1) is 7.18. The van der Waals surface area contributed by atoms with Crippen LogP contribution in [0.4, 0.5) is 0 Å². The molecule has 2 aliphatic rings. The fourth-order valence-electron chi connectivity index (χ4n) is 2.92. The largest absolute Gasteiger partial charge is 0.329 e. The first kappa shape index (κ1) is 11.7. The molecule has 2 saturated heterocycles. The van der Waals surface area contributed by atoms with E-state index < -0.39 is 0 Å². The summed E-state index contributed by atoms with van der Waals surface area (Å²) in [6, 6.07) is 0. The van der Waals surface area contributed by atoms with Gasteiger partial charge in [0.2, 0.25) is 0 Å². The lowest BCUT2D eigenvalue weighted by atomic mass is 9.90. The highest BCUT2D eigenvalue weighted by Gasteiger charge is 2.41. The van der Waals surface area contributed by atoms with Crippen molar-refractivity contribution in [2.45, 2.75) is 32.2 Å². The molecule has 0 spiro atoms. The van der Waals surface area contributed by atoms with Gasteiger partial charge in [0.15, 0.2) is 0 Å². The second kappa shape index (κ2) is 4.64. The third-order valence-corrected chi connectivity index (χ3v) is 5.45. The van der Waals surface area contributed by atoms with E-state index >= 15 is 0 Å². The van der Waals surface area contributed by atoms with Crippen molar-refractivity contribution in [3.8, 4) is 0 Å². The Hall–Kier alpha value is 0.270. The van der Waals surface area contributed by atoms with Crippen molar-refractivity contribution in [2.75, 3.05) is 31.1 Å². The lowest BCUT2D eigenvalue weighted by molar-refractivity contribution is 0.107. The lowest BCUT2D eigenvalue weighted by Crippen LogP contribution is -2.55. The maximum atomic E-state index is 6.06. The van der Waals surface area contributed by atoms with Crippen molar-refractivity contribution in [1.82, 2.24) is 4.90 Å². The molecule has 0 radical (unpaired) electrons. The summed E-state index contributed by atoms with van der Waals surface area (Å²) in [5.74, 6) is 4.30. The molecule has 2 atom stereocenters. The van der Waals surface area contributed by atoms with Gasteiger partial charge in [-0.05, 0) is 36.2 Å². The van der Waals surface area contributed by atoms with Gasteiger partial charge in [-0.1, -0.05) is 13.8 Å². The Balaban J connectivity index is 2.06. The van der Waals surface area contributed by atoms with Crippen LogP contribution in [0, 0.1) is 11.8 Å². The van der Waals surface area contributed by atoms with Crippen LogP contribution in [0.25, 0.3) is 0 Å². The molecule has 15 heavy (non-hydrogen) atoms. The van der Waals surface area contributed by atoms with E-state index in [4.69, 9.17) is 5.73 Å². The van der Waals surface area contributed by atoms with Gasteiger partial charge < -0.3 is 5.73 Å². The first-order valence-corrected chi connectivity index (χ1v) is 7.36. The zero-order chi connectivity index (χ0) is 10.9. The predicted molar refractivity (Wildman–Crippen MR) is 68.2 cm³/mol. The van der Waals surface area contributed by atoms with Crippen molar-refractivity contribution in [3.05, 3.63) is 0 Å². The Labute approximate surface area is 98.0 Å². The van der Waals surface area contributed by atoms with E-state index in [0.29, 0.717) is 5.54 Å². The molecule has 2 aliphatic heterocycles. The molecule has 0 aromatic carbocycles. The topological polar surface area (TPSA) is 29.3 Å².